The van der Waals surface area contributed by atoms with Crippen molar-refractivity contribution in [3.05, 3.63) is 61.5 Å². The molecule has 1 unspecified atom stereocenters. The van der Waals surface area contributed by atoms with E-state index in [9.17, 15) is 9.59 Å². The average molecular weight is 399 g/mol. The molecule has 1 aliphatic carbocycles. The minimum absolute atomic E-state index is 0.0105. The summed E-state index contributed by atoms with van der Waals surface area (Å²) in [6.45, 7) is 3.85. The van der Waals surface area contributed by atoms with Gasteiger partial charge in [0.05, 0.1) is 11.7 Å². The smallest absolute Gasteiger partial charge is 0.253 e. The predicted octanol–water partition coefficient (Wildman–Crippen LogP) is 3.27. The Bertz CT molecular complexity index is 1150. The molecule has 0 spiro atoms. The van der Waals surface area contributed by atoms with Crippen molar-refractivity contribution in [2.75, 3.05) is 0 Å². The van der Waals surface area contributed by atoms with Gasteiger partial charge in [-0.1, -0.05) is 23.7 Å². The number of benzene rings is 1. The quantitative estimate of drug-likeness (QED) is 0.707. The summed E-state index contributed by atoms with van der Waals surface area (Å²) in [4.78, 5) is 28.0. The molecule has 2 aromatic heterocycles. The molecule has 1 aliphatic rings. The van der Waals surface area contributed by atoms with Crippen LogP contribution in [0.5, 0.6) is 0 Å². The lowest BCUT2D eigenvalue weighted by molar-refractivity contribution is -0.121. The van der Waals surface area contributed by atoms with E-state index >= 15 is 0 Å². The molecule has 146 valence electrons. The van der Waals surface area contributed by atoms with Crippen LogP contribution in [0.2, 0.25) is 5.02 Å². The molecule has 2 N–H and O–H groups in total. The van der Waals surface area contributed by atoms with Crippen molar-refractivity contribution in [2.24, 2.45) is 7.05 Å². The highest BCUT2D eigenvalue weighted by Crippen LogP contribution is 2.35. The van der Waals surface area contributed by atoms with Gasteiger partial charge in [-0.15, -0.1) is 0 Å². The molecule has 0 saturated heterocycles. The van der Waals surface area contributed by atoms with Gasteiger partial charge < -0.3 is 10.3 Å². The van der Waals surface area contributed by atoms with Crippen LogP contribution in [-0.4, -0.2) is 20.7 Å². The first-order valence-electron chi connectivity index (χ1n) is 9.48. The van der Waals surface area contributed by atoms with Crippen molar-refractivity contribution < 1.29 is 4.79 Å². The number of amides is 1. The number of aromatic nitrogens is 3. The number of hydrogen-bond acceptors (Lipinski definition) is 3. The van der Waals surface area contributed by atoms with Crippen molar-refractivity contribution in [1.82, 2.24) is 20.1 Å². The molecule has 3 aromatic rings. The third-order valence-corrected chi connectivity index (χ3v) is 6.06. The Balaban J connectivity index is 1.50. The average Bonchev–Trinajstić information content (AvgIpc) is 3.17. The Morgan fingerprint density at radius 2 is 2.18 bits per heavy atom. The van der Waals surface area contributed by atoms with Crippen LogP contribution in [0.4, 0.5) is 0 Å². The van der Waals surface area contributed by atoms with Crippen LogP contribution in [0.3, 0.4) is 0 Å². The number of carbonyl (C=O) groups excluding carboxylic acids is 1. The molecule has 1 atom stereocenters. The van der Waals surface area contributed by atoms with Gasteiger partial charge >= 0.3 is 0 Å². The second-order valence-electron chi connectivity index (χ2n) is 7.46. The third-order valence-electron chi connectivity index (χ3n) is 5.71. The number of pyridine rings is 1. The van der Waals surface area contributed by atoms with Crippen molar-refractivity contribution >= 4 is 28.5 Å². The first-order valence-corrected chi connectivity index (χ1v) is 9.86. The van der Waals surface area contributed by atoms with E-state index in [0.717, 1.165) is 45.6 Å². The maximum absolute atomic E-state index is 12.6. The highest BCUT2D eigenvalue weighted by Gasteiger charge is 2.25. The van der Waals surface area contributed by atoms with Crippen LogP contribution in [0.25, 0.3) is 11.0 Å². The Labute approximate surface area is 167 Å². The predicted molar refractivity (Wildman–Crippen MR) is 110 cm³/mol. The molecule has 0 bridgehead atoms. The first-order chi connectivity index (χ1) is 13.4. The van der Waals surface area contributed by atoms with E-state index in [2.05, 4.69) is 15.4 Å². The van der Waals surface area contributed by atoms with Gasteiger partial charge in [0.2, 0.25) is 5.91 Å². The summed E-state index contributed by atoms with van der Waals surface area (Å²) >= 11 is 6.25. The number of hydrogen-bond donors (Lipinski definition) is 2. The van der Waals surface area contributed by atoms with Gasteiger partial charge in [0.15, 0.2) is 0 Å². The second-order valence-corrected chi connectivity index (χ2v) is 7.86. The van der Waals surface area contributed by atoms with Crippen LogP contribution < -0.4 is 10.9 Å². The zero-order valence-electron chi connectivity index (χ0n) is 16.2. The molecule has 0 saturated carbocycles. The Morgan fingerprint density at radius 3 is 2.96 bits per heavy atom. The standard InChI is InChI=1S/C21H23ClN4O2/c1-11-13(21(28)24-20-19(11)12(2)25-26(20)3)8-10-18(27)23-17-9-7-14-15(17)5-4-6-16(14)22/h4-6,17H,7-10H2,1-3H3,(H,23,27)(H,24,28). The summed E-state index contributed by atoms with van der Waals surface area (Å²) in [5.74, 6) is -0.0559. The molecule has 28 heavy (non-hydrogen) atoms. The fourth-order valence-corrected chi connectivity index (χ4v) is 4.60. The normalized spacial score (nSPS) is 15.8. The van der Waals surface area contributed by atoms with Crippen molar-refractivity contribution in [2.45, 2.75) is 45.6 Å². The van der Waals surface area contributed by atoms with Gasteiger partial charge in [0.25, 0.3) is 5.56 Å². The molecule has 1 aromatic carbocycles. The number of nitrogens with one attached hydrogen (secondary N) is 2. The summed E-state index contributed by atoms with van der Waals surface area (Å²) in [5.41, 5.74) is 5.20. The van der Waals surface area contributed by atoms with Crippen LogP contribution in [0, 0.1) is 13.8 Å². The fraction of sp³-hybridized carbons (Fsp3) is 0.381. The summed E-state index contributed by atoms with van der Waals surface area (Å²) in [5, 5.41) is 9.20. The first kappa shape index (κ1) is 18.7. The zero-order valence-corrected chi connectivity index (χ0v) is 17.0. The number of rotatable bonds is 4. The maximum Gasteiger partial charge on any atom is 0.253 e. The summed E-state index contributed by atoms with van der Waals surface area (Å²) in [6.07, 6.45) is 2.38. The van der Waals surface area contributed by atoms with E-state index < -0.39 is 0 Å². The van der Waals surface area contributed by atoms with Gasteiger partial charge in [0, 0.05) is 29.4 Å². The van der Waals surface area contributed by atoms with E-state index in [1.807, 2.05) is 39.1 Å². The summed E-state index contributed by atoms with van der Waals surface area (Å²) < 4.78 is 1.68. The van der Waals surface area contributed by atoms with E-state index in [1.54, 1.807) is 4.68 Å². The molecule has 0 aliphatic heterocycles. The molecule has 0 radical (unpaired) electrons. The molecule has 2 heterocycles. The minimum Gasteiger partial charge on any atom is -0.349 e. The molecular formula is C21H23ClN4O2. The van der Waals surface area contributed by atoms with Gasteiger partial charge in [-0.05, 0) is 55.9 Å². The zero-order chi connectivity index (χ0) is 20.0. The van der Waals surface area contributed by atoms with Gasteiger partial charge in [-0.2, -0.15) is 5.10 Å². The molecule has 0 fully saturated rings. The van der Waals surface area contributed by atoms with Gasteiger partial charge in [0.1, 0.15) is 5.65 Å². The number of H-pyrrole nitrogens is 1. The van der Waals surface area contributed by atoms with Gasteiger partial charge in [-0.25, -0.2) is 0 Å². The Morgan fingerprint density at radius 1 is 1.39 bits per heavy atom. The van der Waals surface area contributed by atoms with Crippen LogP contribution in [-0.2, 0) is 24.7 Å². The highest BCUT2D eigenvalue weighted by molar-refractivity contribution is 6.31. The number of aryl methyl sites for hydroxylation is 3. The van der Waals surface area contributed by atoms with Crippen molar-refractivity contribution in [1.29, 1.82) is 0 Å². The highest BCUT2D eigenvalue weighted by atomic mass is 35.5. The summed E-state index contributed by atoms with van der Waals surface area (Å²) in [6, 6.07) is 5.81. The van der Waals surface area contributed by atoms with Gasteiger partial charge in [-0.3, -0.25) is 14.3 Å². The number of aromatic amines is 1. The lowest BCUT2D eigenvalue weighted by atomic mass is 10.0. The number of fused-ring (bicyclic) bond motifs is 2. The van der Waals surface area contributed by atoms with Crippen molar-refractivity contribution in [3.63, 3.8) is 0 Å². The number of nitrogens with zero attached hydrogens (tertiary/aromatic N) is 2. The van der Waals surface area contributed by atoms with Crippen LogP contribution >= 0.6 is 11.6 Å². The lowest BCUT2D eigenvalue weighted by Crippen LogP contribution is -2.28. The summed E-state index contributed by atoms with van der Waals surface area (Å²) in [7, 11) is 1.81. The number of halogens is 1. The van der Waals surface area contributed by atoms with Crippen LogP contribution in [0.15, 0.2) is 23.0 Å². The largest absolute Gasteiger partial charge is 0.349 e. The van der Waals surface area contributed by atoms with E-state index in [0.29, 0.717) is 17.6 Å². The monoisotopic (exact) mass is 398 g/mol. The lowest BCUT2D eigenvalue weighted by Gasteiger charge is -2.14. The van der Waals surface area contributed by atoms with E-state index in [-0.39, 0.29) is 23.9 Å². The fourth-order valence-electron chi connectivity index (χ4n) is 4.32. The Kier molecular flexibility index (Phi) is 4.75. The molecule has 6 nitrogen and oxygen atoms in total. The van der Waals surface area contributed by atoms with Crippen LogP contribution in [0.1, 0.15) is 46.8 Å². The van der Waals surface area contributed by atoms with E-state index in [1.165, 1.54) is 0 Å². The maximum atomic E-state index is 12.6. The van der Waals surface area contributed by atoms with E-state index in [4.69, 9.17) is 11.6 Å². The molecule has 1 amide bonds. The molecular weight excluding hydrogens is 376 g/mol. The second kappa shape index (κ2) is 7.09. The molecule has 7 heteroatoms. The topological polar surface area (TPSA) is 79.8 Å². The minimum atomic E-state index is -0.154. The Hall–Kier alpha value is -2.60. The SMILES string of the molecule is Cc1nn(C)c2[nH]c(=O)c(CCC(=O)NC3CCc4c(Cl)cccc43)c(C)c12. The molecule has 4 rings (SSSR count). The number of carbonyl (C=O) groups is 1. The third kappa shape index (κ3) is 3.11. The van der Waals surface area contributed by atoms with Crippen molar-refractivity contribution in [3.8, 4) is 0 Å².